The smallest absolute Gasteiger partial charge is 0.279 e. The van der Waals surface area contributed by atoms with Gasteiger partial charge in [-0.1, -0.05) is 11.6 Å². The number of likely N-dealkylation sites (tertiary alicyclic amines) is 1. The lowest BCUT2D eigenvalue weighted by Crippen LogP contribution is -3.14. The minimum atomic E-state index is -0.239. The zero-order chi connectivity index (χ0) is 16.1. The SMILES string of the molecule is COc1ccc(NC(=O)C[NH+]2CCC(C(N)=O)CC2)cc1Cl. The van der Waals surface area contributed by atoms with Crippen molar-refractivity contribution in [3.05, 3.63) is 23.2 Å². The van der Waals surface area contributed by atoms with Crippen molar-refractivity contribution in [2.24, 2.45) is 11.7 Å². The van der Waals surface area contributed by atoms with Gasteiger partial charge in [0, 0.05) is 24.4 Å². The van der Waals surface area contributed by atoms with Crippen molar-refractivity contribution in [1.82, 2.24) is 0 Å². The summed E-state index contributed by atoms with van der Waals surface area (Å²) >= 11 is 6.03. The van der Waals surface area contributed by atoms with Gasteiger partial charge in [0.25, 0.3) is 5.91 Å². The lowest BCUT2D eigenvalue weighted by Gasteiger charge is -2.27. The van der Waals surface area contributed by atoms with E-state index in [0.29, 0.717) is 23.0 Å². The molecule has 4 N–H and O–H groups in total. The van der Waals surface area contributed by atoms with E-state index in [1.165, 1.54) is 0 Å². The number of nitrogens with two attached hydrogens (primary N) is 1. The largest absolute Gasteiger partial charge is 0.495 e. The van der Waals surface area contributed by atoms with Gasteiger partial charge in [0.15, 0.2) is 6.54 Å². The molecule has 2 rings (SSSR count). The Bertz CT molecular complexity index is 557. The van der Waals surface area contributed by atoms with Gasteiger partial charge >= 0.3 is 0 Å². The summed E-state index contributed by atoms with van der Waals surface area (Å²) in [7, 11) is 1.54. The predicted molar refractivity (Wildman–Crippen MR) is 84.1 cm³/mol. The molecule has 0 saturated carbocycles. The second kappa shape index (κ2) is 7.47. The Kier molecular flexibility index (Phi) is 5.63. The molecule has 1 aliphatic heterocycles. The van der Waals surface area contributed by atoms with Crippen LogP contribution in [0.2, 0.25) is 5.02 Å². The van der Waals surface area contributed by atoms with Gasteiger partial charge in [-0.3, -0.25) is 9.59 Å². The molecule has 7 heteroatoms. The van der Waals surface area contributed by atoms with Crippen LogP contribution in [0.15, 0.2) is 18.2 Å². The Hall–Kier alpha value is -1.79. The number of carbonyl (C=O) groups excluding carboxylic acids is 2. The molecule has 0 spiro atoms. The van der Waals surface area contributed by atoms with Gasteiger partial charge in [-0.15, -0.1) is 0 Å². The van der Waals surface area contributed by atoms with Gasteiger partial charge in [-0.2, -0.15) is 0 Å². The highest BCUT2D eigenvalue weighted by Crippen LogP contribution is 2.27. The van der Waals surface area contributed by atoms with Crippen LogP contribution in [-0.2, 0) is 9.59 Å². The zero-order valence-corrected chi connectivity index (χ0v) is 13.3. The first kappa shape index (κ1) is 16.6. The topological polar surface area (TPSA) is 85.9 Å². The Balaban J connectivity index is 1.83. The molecule has 0 unspecified atom stereocenters. The minimum Gasteiger partial charge on any atom is -0.495 e. The fourth-order valence-corrected chi connectivity index (χ4v) is 2.92. The van der Waals surface area contributed by atoms with Crippen LogP contribution in [0.3, 0.4) is 0 Å². The molecule has 1 aromatic carbocycles. The molecule has 0 bridgehead atoms. The molecular weight excluding hydrogens is 306 g/mol. The molecule has 1 saturated heterocycles. The molecule has 1 aliphatic rings. The number of piperidine rings is 1. The second-order valence-corrected chi connectivity index (χ2v) is 5.91. The van der Waals surface area contributed by atoms with Crippen LogP contribution in [-0.4, -0.2) is 38.6 Å². The molecule has 1 aromatic rings. The van der Waals surface area contributed by atoms with E-state index in [1.807, 2.05) is 0 Å². The predicted octanol–water partition coefficient (Wildman–Crippen LogP) is 0.0673. The lowest BCUT2D eigenvalue weighted by atomic mass is 9.96. The number of quaternary nitrogens is 1. The molecule has 120 valence electrons. The van der Waals surface area contributed by atoms with Crippen LogP contribution < -0.4 is 20.7 Å². The summed E-state index contributed by atoms with van der Waals surface area (Å²) < 4.78 is 5.07. The monoisotopic (exact) mass is 326 g/mol. The number of rotatable bonds is 5. The molecule has 6 nitrogen and oxygen atoms in total. The number of nitrogens with one attached hydrogen (secondary N) is 2. The Morgan fingerprint density at radius 2 is 2.09 bits per heavy atom. The molecule has 1 fully saturated rings. The molecule has 1 heterocycles. The summed E-state index contributed by atoms with van der Waals surface area (Å²) in [6.07, 6.45) is 1.48. The van der Waals surface area contributed by atoms with E-state index in [1.54, 1.807) is 25.3 Å². The molecule has 0 aliphatic carbocycles. The average molecular weight is 327 g/mol. The van der Waals surface area contributed by atoms with Crippen LogP contribution in [0.25, 0.3) is 0 Å². The third kappa shape index (κ3) is 4.35. The highest BCUT2D eigenvalue weighted by molar-refractivity contribution is 6.32. The number of carbonyl (C=O) groups is 2. The fraction of sp³-hybridized carbons (Fsp3) is 0.467. The van der Waals surface area contributed by atoms with Crippen LogP contribution in [0.1, 0.15) is 12.8 Å². The molecule has 0 radical (unpaired) electrons. The second-order valence-electron chi connectivity index (χ2n) is 5.50. The summed E-state index contributed by atoms with van der Waals surface area (Å²) in [4.78, 5) is 24.3. The molecule has 22 heavy (non-hydrogen) atoms. The van der Waals surface area contributed by atoms with Gasteiger partial charge < -0.3 is 20.7 Å². The van der Waals surface area contributed by atoms with Crippen molar-refractivity contribution in [1.29, 1.82) is 0 Å². The fourth-order valence-electron chi connectivity index (χ4n) is 2.66. The van der Waals surface area contributed by atoms with Crippen LogP contribution >= 0.6 is 11.6 Å². The van der Waals surface area contributed by atoms with E-state index in [0.717, 1.165) is 30.8 Å². The maximum atomic E-state index is 12.1. The lowest BCUT2D eigenvalue weighted by molar-refractivity contribution is -0.897. The van der Waals surface area contributed by atoms with Gasteiger partial charge in [0.05, 0.1) is 25.2 Å². The van der Waals surface area contributed by atoms with Gasteiger partial charge in [0.2, 0.25) is 5.91 Å². The maximum absolute atomic E-state index is 12.1. The van der Waals surface area contributed by atoms with Gasteiger partial charge in [0.1, 0.15) is 5.75 Å². The number of hydrogen-bond donors (Lipinski definition) is 3. The summed E-state index contributed by atoms with van der Waals surface area (Å²) in [5.74, 6) is 0.205. The first-order valence-electron chi connectivity index (χ1n) is 7.26. The highest BCUT2D eigenvalue weighted by atomic mass is 35.5. The van der Waals surface area contributed by atoms with Crippen molar-refractivity contribution in [3.8, 4) is 5.75 Å². The summed E-state index contributed by atoms with van der Waals surface area (Å²) in [5.41, 5.74) is 5.94. The zero-order valence-electron chi connectivity index (χ0n) is 12.5. The first-order chi connectivity index (χ1) is 10.5. The maximum Gasteiger partial charge on any atom is 0.279 e. The van der Waals surface area contributed by atoms with Crippen molar-refractivity contribution in [3.63, 3.8) is 0 Å². The number of benzene rings is 1. The highest BCUT2D eigenvalue weighted by Gasteiger charge is 2.27. The molecular formula is C15H21ClN3O3+. The summed E-state index contributed by atoms with van der Waals surface area (Å²) in [6.45, 7) is 1.93. The van der Waals surface area contributed by atoms with Gasteiger partial charge in [-0.05, 0) is 18.2 Å². The number of methoxy groups -OCH3 is 1. The number of hydrogen-bond acceptors (Lipinski definition) is 3. The van der Waals surface area contributed by atoms with Crippen LogP contribution in [0.5, 0.6) is 5.75 Å². The third-order valence-electron chi connectivity index (χ3n) is 3.94. The van der Waals surface area contributed by atoms with E-state index in [9.17, 15) is 9.59 Å². The number of primary amides is 1. The van der Waals surface area contributed by atoms with Crippen molar-refractivity contribution in [2.45, 2.75) is 12.8 Å². The minimum absolute atomic E-state index is 0.0489. The van der Waals surface area contributed by atoms with E-state index < -0.39 is 0 Å². The average Bonchev–Trinajstić information content (AvgIpc) is 2.48. The quantitative estimate of drug-likeness (QED) is 0.715. The van der Waals surface area contributed by atoms with Crippen molar-refractivity contribution in [2.75, 3.05) is 32.1 Å². The van der Waals surface area contributed by atoms with E-state index in [-0.39, 0.29) is 17.7 Å². The van der Waals surface area contributed by atoms with Gasteiger partial charge in [-0.25, -0.2) is 0 Å². The Morgan fingerprint density at radius 1 is 1.41 bits per heavy atom. The number of anilines is 1. The van der Waals surface area contributed by atoms with Crippen LogP contribution in [0.4, 0.5) is 5.69 Å². The molecule has 2 amide bonds. The van der Waals surface area contributed by atoms with Crippen molar-refractivity contribution < 1.29 is 19.2 Å². The number of halogens is 1. The standard InChI is InChI=1S/C15H20ClN3O3/c1-22-13-3-2-11(8-12(13)16)18-14(20)9-19-6-4-10(5-7-19)15(17)21/h2-3,8,10H,4-7,9H2,1H3,(H2,17,21)(H,18,20)/p+1. The van der Waals surface area contributed by atoms with E-state index >= 15 is 0 Å². The van der Waals surface area contributed by atoms with Crippen molar-refractivity contribution >= 4 is 29.1 Å². The van der Waals surface area contributed by atoms with E-state index in [2.05, 4.69) is 5.32 Å². The normalized spacial score (nSPS) is 21.2. The van der Waals surface area contributed by atoms with Crippen LogP contribution in [0, 0.1) is 5.92 Å². The summed E-state index contributed by atoms with van der Waals surface area (Å²) in [6, 6.07) is 5.12. The molecule has 0 aromatic heterocycles. The first-order valence-corrected chi connectivity index (χ1v) is 7.63. The number of ether oxygens (including phenoxy) is 1. The third-order valence-corrected chi connectivity index (χ3v) is 4.24. The molecule has 0 atom stereocenters. The summed E-state index contributed by atoms with van der Waals surface area (Å²) in [5, 5.41) is 3.28. The number of amides is 2. The Labute approximate surface area is 134 Å². The van der Waals surface area contributed by atoms with E-state index in [4.69, 9.17) is 22.1 Å². The Morgan fingerprint density at radius 3 is 2.64 bits per heavy atom.